The van der Waals surface area contributed by atoms with Crippen LogP contribution in [0, 0.1) is 12.7 Å². The van der Waals surface area contributed by atoms with Crippen molar-refractivity contribution in [1.82, 2.24) is 14.3 Å². The van der Waals surface area contributed by atoms with Crippen molar-refractivity contribution in [2.75, 3.05) is 31.1 Å². The number of anilines is 1. The van der Waals surface area contributed by atoms with Crippen LogP contribution in [0.15, 0.2) is 24.3 Å². The van der Waals surface area contributed by atoms with Crippen molar-refractivity contribution in [3.63, 3.8) is 0 Å². The molecule has 7 heteroatoms. The van der Waals surface area contributed by atoms with E-state index in [1.54, 1.807) is 4.90 Å². The number of nitrogens with zero attached hydrogens (tertiary/aromatic N) is 4. The molecule has 0 atom stereocenters. The lowest BCUT2D eigenvalue weighted by Crippen LogP contribution is -2.48. The van der Waals surface area contributed by atoms with E-state index < -0.39 is 0 Å². The molecule has 0 unspecified atom stereocenters. The van der Waals surface area contributed by atoms with Crippen molar-refractivity contribution in [2.45, 2.75) is 6.92 Å². The minimum Gasteiger partial charge on any atom is -0.343 e. The first kappa shape index (κ1) is 13.9. The van der Waals surface area contributed by atoms with Gasteiger partial charge in [-0.05, 0) is 31.2 Å². The number of halogens is 1. The van der Waals surface area contributed by atoms with Gasteiger partial charge < -0.3 is 9.80 Å². The number of hydrogen-bond acceptors (Lipinski definition) is 5. The Morgan fingerprint density at radius 2 is 1.86 bits per heavy atom. The minimum atomic E-state index is -0.331. The zero-order valence-corrected chi connectivity index (χ0v) is 12.4. The second-order valence-electron chi connectivity index (χ2n) is 4.91. The Hall–Kier alpha value is -2.02. The summed E-state index contributed by atoms with van der Waals surface area (Å²) in [5.41, 5.74) is 0.525. The Kier molecular flexibility index (Phi) is 3.83. The molecule has 21 heavy (non-hydrogen) atoms. The number of hydrogen-bond donors (Lipinski definition) is 0. The fraction of sp³-hybridized carbons (Fsp3) is 0.357. The van der Waals surface area contributed by atoms with Crippen LogP contribution in [-0.4, -0.2) is 46.3 Å². The number of amides is 1. The molecule has 0 radical (unpaired) electrons. The van der Waals surface area contributed by atoms with Crippen LogP contribution in [0.25, 0.3) is 0 Å². The van der Waals surface area contributed by atoms with Crippen molar-refractivity contribution in [3.05, 3.63) is 41.5 Å². The third-order valence-corrected chi connectivity index (χ3v) is 4.31. The molecule has 1 aromatic heterocycles. The van der Waals surface area contributed by atoms with Crippen LogP contribution < -0.4 is 4.90 Å². The maximum absolute atomic E-state index is 12.9. The van der Waals surface area contributed by atoms with Crippen molar-refractivity contribution in [2.24, 2.45) is 0 Å². The third-order valence-electron chi connectivity index (χ3n) is 3.45. The molecular weight excluding hydrogens is 291 g/mol. The Bertz CT molecular complexity index is 635. The highest BCUT2D eigenvalue weighted by Gasteiger charge is 2.23. The SMILES string of the molecule is Cc1nsc(N2CCN(C(=O)c3ccc(F)cc3)CC2)n1. The molecule has 2 heterocycles. The second kappa shape index (κ2) is 5.77. The van der Waals surface area contributed by atoms with E-state index in [0.717, 1.165) is 24.0 Å². The van der Waals surface area contributed by atoms with E-state index in [-0.39, 0.29) is 11.7 Å². The predicted molar refractivity (Wildman–Crippen MR) is 79.2 cm³/mol. The van der Waals surface area contributed by atoms with Gasteiger partial charge in [-0.1, -0.05) is 0 Å². The number of carbonyl (C=O) groups excluding carboxylic acids is 1. The summed E-state index contributed by atoms with van der Waals surface area (Å²) >= 11 is 1.38. The standard InChI is InChI=1S/C14H15FN4OS/c1-10-16-14(21-17-10)19-8-6-18(7-9-19)13(20)11-2-4-12(15)5-3-11/h2-5H,6-9H2,1H3. The van der Waals surface area contributed by atoms with Crippen molar-refractivity contribution >= 4 is 22.6 Å². The molecule has 5 nitrogen and oxygen atoms in total. The van der Waals surface area contributed by atoms with E-state index in [1.807, 2.05) is 6.92 Å². The lowest BCUT2D eigenvalue weighted by atomic mass is 10.2. The van der Waals surface area contributed by atoms with Gasteiger partial charge in [0, 0.05) is 43.3 Å². The summed E-state index contributed by atoms with van der Waals surface area (Å²) in [5.74, 6) is 0.394. The fourth-order valence-electron chi connectivity index (χ4n) is 2.29. The first-order valence-electron chi connectivity index (χ1n) is 6.73. The smallest absolute Gasteiger partial charge is 0.253 e. The van der Waals surface area contributed by atoms with Crippen LogP contribution in [0.3, 0.4) is 0 Å². The maximum atomic E-state index is 12.9. The summed E-state index contributed by atoms with van der Waals surface area (Å²) in [7, 11) is 0. The Morgan fingerprint density at radius 1 is 1.19 bits per heavy atom. The van der Waals surface area contributed by atoms with Crippen LogP contribution in [0.2, 0.25) is 0 Å². The van der Waals surface area contributed by atoms with E-state index in [9.17, 15) is 9.18 Å². The number of rotatable bonds is 2. The molecule has 1 fully saturated rings. The molecule has 1 amide bonds. The second-order valence-corrected chi connectivity index (χ2v) is 5.64. The third kappa shape index (κ3) is 3.02. The molecule has 0 bridgehead atoms. The monoisotopic (exact) mass is 306 g/mol. The van der Waals surface area contributed by atoms with Gasteiger partial charge in [0.05, 0.1) is 0 Å². The van der Waals surface area contributed by atoms with Gasteiger partial charge in [0.1, 0.15) is 11.6 Å². The van der Waals surface area contributed by atoms with E-state index >= 15 is 0 Å². The van der Waals surface area contributed by atoms with Crippen molar-refractivity contribution in [3.8, 4) is 0 Å². The Balaban J connectivity index is 1.63. The summed E-state index contributed by atoms with van der Waals surface area (Å²) in [6.45, 7) is 4.61. The molecule has 0 N–H and O–H groups in total. The predicted octanol–water partition coefficient (Wildman–Crippen LogP) is 1.95. The first-order chi connectivity index (χ1) is 10.1. The van der Waals surface area contributed by atoms with Gasteiger partial charge in [-0.2, -0.15) is 4.37 Å². The molecule has 1 aliphatic heterocycles. The molecule has 1 saturated heterocycles. The summed E-state index contributed by atoms with van der Waals surface area (Å²) in [4.78, 5) is 20.6. The summed E-state index contributed by atoms with van der Waals surface area (Å²) in [6.07, 6.45) is 0. The minimum absolute atomic E-state index is 0.0527. The molecular formula is C14H15FN4OS. The first-order valence-corrected chi connectivity index (χ1v) is 7.51. The molecule has 2 aromatic rings. The highest BCUT2D eigenvalue weighted by Crippen LogP contribution is 2.19. The molecule has 110 valence electrons. The number of aryl methyl sites for hydroxylation is 1. The van der Waals surface area contributed by atoms with Crippen LogP contribution in [0.4, 0.5) is 9.52 Å². The molecule has 3 rings (SSSR count). The topological polar surface area (TPSA) is 49.3 Å². The van der Waals surface area contributed by atoms with Gasteiger partial charge in [0.2, 0.25) is 5.13 Å². The van der Waals surface area contributed by atoms with E-state index in [4.69, 9.17) is 0 Å². The van der Waals surface area contributed by atoms with Gasteiger partial charge in [0.25, 0.3) is 5.91 Å². The quantitative estimate of drug-likeness (QED) is 0.851. The molecule has 0 saturated carbocycles. The van der Waals surface area contributed by atoms with Crippen molar-refractivity contribution < 1.29 is 9.18 Å². The van der Waals surface area contributed by atoms with E-state index in [1.165, 1.54) is 35.8 Å². The Labute approximate surface area is 126 Å². The largest absolute Gasteiger partial charge is 0.343 e. The zero-order valence-electron chi connectivity index (χ0n) is 11.6. The van der Waals surface area contributed by atoms with E-state index in [2.05, 4.69) is 14.3 Å². The van der Waals surface area contributed by atoms with Crippen molar-refractivity contribution in [1.29, 1.82) is 0 Å². The van der Waals surface area contributed by atoms with Gasteiger partial charge in [-0.15, -0.1) is 0 Å². The van der Waals surface area contributed by atoms with Crippen LogP contribution in [0.5, 0.6) is 0 Å². The van der Waals surface area contributed by atoms with Gasteiger partial charge in [-0.3, -0.25) is 4.79 Å². The molecule has 0 aliphatic carbocycles. The zero-order chi connectivity index (χ0) is 14.8. The van der Waals surface area contributed by atoms with Gasteiger partial charge >= 0.3 is 0 Å². The average molecular weight is 306 g/mol. The molecule has 0 spiro atoms. The number of carbonyl (C=O) groups is 1. The fourth-order valence-corrected chi connectivity index (χ4v) is 3.02. The van der Waals surface area contributed by atoms with Gasteiger partial charge in [-0.25, -0.2) is 9.37 Å². The maximum Gasteiger partial charge on any atom is 0.253 e. The highest BCUT2D eigenvalue weighted by atomic mass is 32.1. The summed E-state index contributed by atoms with van der Waals surface area (Å²) < 4.78 is 17.1. The summed E-state index contributed by atoms with van der Waals surface area (Å²) in [6, 6.07) is 5.68. The van der Waals surface area contributed by atoms with Gasteiger partial charge in [0.15, 0.2) is 0 Å². The lowest BCUT2D eigenvalue weighted by molar-refractivity contribution is 0.0746. The Morgan fingerprint density at radius 3 is 2.43 bits per heavy atom. The summed E-state index contributed by atoms with van der Waals surface area (Å²) in [5, 5.41) is 0.904. The molecule has 1 aliphatic rings. The number of benzene rings is 1. The van der Waals surface area contributed by atoms with Crippen LogP contribution in [-0.2, 0) is 0 Å². The normalized spacial score (nSPS) is 15.3. The van der Waals surface area contributed by atoms with E-state index in [0.29, 0.717) is 18.7 Å². The highest BCUT2D eigenvalue weighted by molar-refractivity contribution is 7.09. The average Bonchev–Trinajstić information content (AvgIpc) is 2.94. The van der Waals surface area contributed by atoms with Crippen LogP contribution >= 0.6 is 11.5 Å². The lowest BCUT2D eigenvalue weighted by Gasteiger charge is -2.34. The van der Waals surface area contributed by atoms with Crippen LogP contribution in [0.1, 0.15) is 16.2 Å². The number of piperazine rings is 1. The molecule has 1 aromatic carbocycles. The number of aromatic nitrogens is 2.